The van der Waals surface area contributed by atoms with Crippen LogP contribution < -0.4 is 20.1 Å². The molecule has 8 nitrogen and oxygen atoms in total. The second kappa shape index (κ2) is 8.22. The van der Waals surface area contributed by atoms with E-state index in [0.717, 1.165) is 10.5 Å². The molecule has 0 saturated carbocycles. The summed E-state index contributed by atoms with van der Waals surface area (Å²) < 4.78 is 10.9. The van der Waals surface area contributed by atoms with Crippen LogP contribution in [0.1, 0.15) is 12.0 Å². The van der Waals surface area contributed by atoms with Crippen molar-refractivity contribution in [1.29, 1.82) is 0 Å². The Hall–Kier alpha value is -3.55. The van der Waals surface area contributed by atoms with Crippen molar-refractivity contribution in [1.82, 2.24) is 10.2 Å². The number of aryl methyl sites for hydroxylation is 1. The van der Waals surface area contributed by atoms with Gasteiger partial charge in [0.05, 0.1) is 0 Å². The molecule has 1 saturated heterocycles. The lowest BCUT2D eigenvalue weighted by Crippen LogP contribution is -2.38. The fraction of sp³-hybridized carbons (Fsp3) is 0.286. The van der Waals surface area contributed by atoms with Crippen molar-refractivity contribution < 1.29 is 23.9 Å². The number of nitrogens with zero attached hydrogens (tertiary/aromatic N) is 1. The molecule has 2 N–H and O–H groups in total. The van der Waals surface area contributed by atoms with Gasteiger partial charge in [0, 0.05) is 11.8 Å². The van der Waals surface area contributed by atoms with E-state index < -0.39 is 18.0 Å². The maximum atomic E-state index is 12.5. The van der Waals surface area contributed by atoms with Gasteiger partial charge in [0.25, 0.3) is 5.91 Å². The van der Waals surface area contributed by atoms with Crippen LogP contribution in [0.15, 0.2) is 48.5 Å². The number of hydrogen-bond acceptors (Lipinski definition) is 5. The summed E-state index contributed by atoms with van der Waals surface area (Å²) >= 11 is 0. The van der Waals surface area contributed by atoms with Crippen molar-refractivity contribution >= 4 is 23.5 Å². The zero-order chi connectivity index (χ0) is 20.2. The lowest BCUT2D eigenvalue weighted by atomic mass is 10.1. The van der Waals surface area contributed by atoms with Crippen LogP contribution in [-0.4, -0.2) is 48.5 Å². The number of benzene rings is 2. The molecule has 0 radical (unpaired) electrons. The number of rotatable bonds is 6. The fourth-order valence-corrected chi connectivity index (χ4v) is 3.34. The summed E-state index contributed by atoms with van der Waals surface area (Å²) in [5, 5.41) is 5.34. The number of anilines is 1. The Morgan fingerprint density at radius 2 is 1.83 bits per heavy atom. The number of carbonyl (C=O) groups excluding carboxylic acids is 3. The Bertz CT molecular complexity index is 931. The van der Waals surface area contributed by atoms with Crippen molar-refractivity contribution in [3.8, 4) is 11.5 Å². The van der Waals surface area contributed by atoms with Gasteiger partial charge in [-0.3, -0.25) is 14.5 Å². The molecule has 2 aliphatic heterocycles. The molecule has 4 rings (SSSR count). The topological polar surface area (TPSA) is 97.0 Å². The molecule has 2 heterocycles. The average Bonchev–Trinajstić information content (AvgIpc) is 3.00. The molecule has 1 unspecified atom stereocenters. The van der Waals surface area contributed by atoms with Crippen LogP contribution in [0.2, 0.25) is 0 Å². The molecule has 4 amide bonds. The van der Waals surface area contributed by atoms with Crippen LogP contribution in [0.3, 0.4) is 0 Å². The number of imide groups is 1. The predicted molar refractivity (Wildman–Crippen MR) is 105 cm³/mol. The molecule has 1 atom stereocenters. The Morgan fingerprint density at radius 1 is 1.07 bits per heavy atom. The van der Waals surface area contributed by atoms with Crippen LogP contribution in [0, 0.1) is 0 Å². The van der Waals surface area contributed by atoms with E-state index in [1.54, 1.807) is 18.2 Å². The molecule has 8 heteroatoms. The first-order valence-corrected chi connectivity index (χ1v) is 9.45. The number of ether oxygens (including phenoxy) is 2. The number of carbonyl (C=O) groups is 3. The summed E-state index contributed by atoms with van der Waals surface area (Å²) in [4.78, 5) is 38.0. The number of amides is 4. The zero-order valence-electron chi connectivity index (χ0n) is 15.7. The van der Waals surface area contributed by atoms with Crippen molar-refractivity contribution in [2.45, 2.75) is 18.9 Å². The van der Waals surface area contributed by atoms with E-state index in [-0.39, 0.29) is 12.5 Å². The minimum absolute atomic E-state index is 0.346. The minimum Gasteiger partial charge on any atom is -0.486 e. The van der Waals surface area contributed by atoms with Gasteiger partial charge < -0.3 is 20.1 Å². The number of fused-ring (bicyclic) bond motifs is 1. The second-order valence-corrected chi connectivity index (χ2v) is 6.86. The molecule has 29 heavy (non-hydrogen) atoms. The fourth-order valence-electron chi connectivity index (χ4n) is 3.34. The van der Waals surface area contributed by atoms with Gasteiger partial charge in [0.1, 0.15) is 25.8 Å². The highest BCUT2D eigenvalue weighted by atomic mass is 16.6. The Morgan fingerprint density at radius 3 is 2.62 bits per heavy atom. The van der Waals surface area contributed by atoms with Gasteiger partial charge >= 0.3 is 6.03 Å². The number of nitrogens with one attached hydrogen (secondary N) is 2. The lowest BCUT2D eigenvalue weighted by molar-refractivity contribution is -0.130. The van der Waals surface area contributed by atoms with Crippen LogP contribution in [0.5, 0.6) is 11.5 Å². The molecule has 1 fully saturated rings. The zero-order valence-corrected chi connectivity index (χ0v) is 15.7. The smallest absolute Gasteiger partial charge is 0.325 e. The summed E-state index contributed by atoms with van der Waals surface area (Å²) in [6, 6.07) is 13.6. The monoisotopic (exact) mass is 395 g/mol. The Balaban J connectivity index is 1.33. The SMILES string of the molecule is O=C(CN1C(=O)NC(CCc2ccccc2)C1=O)Nc1ccc2c(c1)OCCO2. The van der Waals surface area contributed by atoms with E-state index in [4.69, 9.17) is 9.47 Å². The molecule has 2 aromatic carbocycles. The summed E-state index contributed by atoms with van der Waals surface area (Å²) in [6.07, 6.45) is 1.14. The lowest BCUT2D eigenvalue weighted by Gasteiger charge is -2.19. The molecule has 2 aliphatic rings. The summed E-state index contributed by atoms with van der Waals surface area (Å²) in [6.45, 7) is 0.578. The summed E-state index contributed by atoms with van der Waals surface area (Å²) in [7, 11) is 0. The molecular formula is C21H21N3O5. The van der Waals surface area contributed by atoms with Crippen LogP contribution in [0.4, 0.5) is 10.5 Å². The maximum absolute atomic E-state index is 12.5. The first kappa shape index (κ1) is 18.8. The molecular weight excluding hydrogens is 374 g/mol. The van der Waals surface area contributed by atoms with Crippen LogP contribution in [-0.2, 0) is 16.0 Å². The summed E-state index contributed by atoms with van der Waals surface area (Å²) in [5.41, 5.74) is 1.59. The largest absolute Gasteiger partial charge is 0.486 e. The van der Waals surface area contributed by atoms with E-state index >= 15 is 0 Å². The third kappa shape index (κ3) is 4.31. The van der Waals surface area contributed by atoms with Gasteiger partial charge in [0.15, 0.2) is 11.5 Å². The quantitative estimate of drug-likeness (QED) is 0.729. The average molecular weight is 395 g/mol. The standard InChI is InChI=1S/C21H21N3O5/c25-19(22-15-7-9-17-18(12-15)29-11-10-28-17)13-24-20(26)16(23-21(24)27)8-6-14-4-2-1-3-5-14/h1-5,7,9,12,16H,6,8,10-11,13H2,(H,22,25)(H,23,27). The predicted octanol–water partition coefficient (Wildman–Crippen LogP) is 1.95. The highest BCUT2D eigenvalue weighted by molar-refractivity contribution is 6.07. The van der Waals surface area contributed by atoms with Crippen molar-refractivity contribution in [3.05, 3.63) is 54.1 Å². The van der Waals surface area contributed by atoms with Gasteiger partial charge in [-0.05, 0) is 30.5 Å². The third-order valence-corrected chi connectivity index (χ3v) is 4.80. The first-order chi connectivity index (χ1) is 14.1. The Labute approximate surface area is 167 Å². The van der Waals surface area contributed by atoms with Crippen LogP contribution in [0.25, 0.3) is 0 Å². The van der Waals surface area contributed by atoms with Gasteiger partial charge in [0.2, 0.25) is 5.91 Å². The van der Waals surface area contributed by atoms with E-state index in [9.17, 15) is 14.4 Å². The van der Waals surface area contributed by atoms with Gasteiger partial charge in [-0.1, -0.05) is 30.3 Å². The van der Waals surface area contributed by atoms with Gasteiger partial charge in [-0.15, -0.1) is 0 Å². The van der Waals surface area contributed by atoms with Gasteiger partial charge in [-0.2, -0.15) is 0 Å². The molecule has 0 aliphatic carbocycles. The van der Waals surface area contributed by atoms with Crippen molar-refractivity contribution in [2.24, 2.45) is 0 Å². The molecule has 0 aromatic heterocycles. The van der Waals surface area contributed by atoms with E-state index in [2.05, 4.69) is 10.6 Å². The molecule has 150 valence electrons. The highest BCUT2D eigenvalue weighted by Crippen LogP contribution is 2.32. The maximum Gasteiger partial charge on any atom is 0.325 e. The molecule has 2 aromatic rings. The van der Waals surface area contributed by atoms with Gasteiger partial charge in [-0.25, -0.2) is 4.79 Å². The minimum atomic E-state index is -0.621. The normalized spacial score (nSPS) is 17.8. The van der Waals surface area contributed by atoms with Crippen molar-refractivity contribution in [3.63, 3.8) is 0 Å². The highest BCUT2D eigenvalue weighted by Gasteiger charge is 2.38. The third-order valence-electron chi connectivity index (χ3n) is 4.80. The van der Waals surface area contributed by atoms with Crippen molar-refractivity contribution in [2.75, 3.05) is 25.1 Å². The van der Waals surface area contributed by atoms with E-state index in [0.29, 0.717) is 43.2 Å². The molecule has 0 bridgehead atoms. The molecule has 0 spiro atoms. The van der Waals surface area contributed by atoms with E-state index in [1.807, 2.05) is 30.3 Å². The number of urea groups is 1. The summed E-state index contributed by atoms with van der Waals surface area (Å²) in [5.74, 6) is 0.312. The number of hydrogen-bond donors (Lipinski definition) is 2. The Kier molecular flexibility index (Phi) is 5.33. The first-order valence-electron chi connectivity index (χ1n) is 9.45. The van der Waals surface area contributed by atoms with Crippen LogP contribution >= 0.6 is 0 Å². The van der Waals surface area contributed by atoms with E-state index in [1.165, 1.54) is 0 Å². The second-order valence-electron chi connectivity index (χ2n) is 6.86.